The van der Waals surface area contributed by atoms with E-state index in [9.17, 15) is 9.18 Å². The van der Waals surface area contributed by atoms with Gasteiger partial charge in [-0.2, -0.15) is 5.10 Å². The Balaban J connectivity index is 1.39. The zero-order valence-corrected chi connectivity index (χ0v) is 17.9. The van der Waals surface area contributed by atoms with Crippen molar-refractivity contribution in [1.82, 2.24) is 20.0 Å². The molecule has 0 radical (unpaired) electrons. The summed E-state index contributed by atoms with van der Waals surface area (Å²) < 4.78 is 20.3. The number of nitrogens with one attached hydrogen (secondary N) is 1. The first kappa shape index (κ1) is 21.2. The van der Waals surface area contributed by atoms with E-state index in [1.165, 1.54) is 17.7 Å². The van der Waals surface area contributed by atoms with Crippen LogP contribution in [-0.2, 0) is 17.8 Å². The highest BCUT2D eigenvalue weighted by atomic mass is 19.1. The lowest BCUT2D eigenvalue weighted by Crippen LogP contribution is -2.35. The first-order chi connectivity index (χ1) is 15.0. The van der Waals surface area contributed by atoms with E-state index in [0.29, 0.717) is 17.8 Å². The van der Waals surface area contributed by atoms with E-state index in [-0.39, 0.29) is 11.7 Å². The predicted molar refractivity (Wildman–Crippen MR) is 117 cm³/mol. The second kappa shape index (κ2) is 9.41. The summed E-state index contributed by atoms with van der Waals surface area (Å²) in [6.07, 6.45) is 0. The van der Waals surface area contributed by atoms with Crippen LogP contribution in [0.4, 0.5) is 4.39 Å². The third-order valence-corrected chi connectivity index (χ3v) is 5.58. The lowest BCUT2D eigenvalue weighted by atomic mass is 10.1. The van der Waals surface area contributed by atoms with Crippen LogP contribution in [-0.4, -0.2) is 46.9 Å². The molecule has 1 aromatic heterocycles. The monoisotopic (exact) mass is 422 g/mol. The molecular formula is C24H27FN4O2. The van der Waals surface area contributed by atoms with Gasteiger partial charge in [-0.3, -0.25) is 9.69 Å². The number of carbonyl (C=O) groups is 1. The highest BCUT2D eigenvalue weighted by Gasteiger charge is 2.19. The van der Waals surface area contributed by atoms with Gasteiger partial charge >= 0.3 is 0 Å². The number of ether oxygens (including phenoxy) is 1. The second-order valence-electron chi connectivity index (χ2n) is 7.82. The van der Waals surface area contributed by atoms with Gasteiger partial charge in [-0.25, -0.2) is 9.07 Å². The van der Waals surface area contributed by atoms with Crippen molar-refractivity contribution in [3.05, 3.63) is 82.4 Å². The quantitative estimate of drug-likeness (QED) is 0.662. The summed E-state index contributed by atoms with van der Waals surface area (Å²) in [4.78, 5) is 15.2. The van der Waals surface area contributed by atoms with Crippen LogP contribution in [0.3, 0.4) is 0 Å². The molecule has 0 aliphatic carbocycles. The summed E-state index contributed by atoms with van der Waals surface area (Å²) in [7, 11) is 0. The molecule has 162 valence electrons. The van der Waals surface area contributed by atoms with Gasteiger partial charge in [0.15, 0.2) is 0 Å². The molecule has 6 nitrogen and oxygen atoms in total. The number of halogens is 1. The Morgan fingerprint density at radius 1 is 1.03 bits per heavy atom. The number of aromatic nitrogens is 2. The standard InChI is InChI=1S/C24H27FN4O2/c1-17-23(18(2)29(27-17)22-9-7-21(25)8-10-22)24(30)26-15-19-3-5-20(6-4-19)16-28-11-13-31-14-12-28/h3-10H,11-16H2,1-2H3,(H,26,30). The lowest BCUT2D eigenvalue weighted by molar-refractivity contribution is 0.0342. The van der Waals surface area contributed by atoms with Crippen molar-refractivity contribution in [3.63, 3.8) is 0 Å². The first-order valence-electron chi connectivity index (χ1n) is 10.5. The van der Waals surface area contributed by atoms with Gasteiger partial charge < -0.3 is 10.1 Å². The molecule has 1 aliphatic rings. The van der Waals surface area contributed by atoms with Crippen molar-refractivity contribution in [1.29, 1.82) is 0 Å². The van der Waals surface area contributed by atoms with E-state index in [2.05, 4.69) is 39.6 Å². The minimum Gasteiger partial charge on any atom is -0.379 e. The molecule has 3 aromatic rings. The van der Waals surface area contributed by atoms with Crippen LogP contribution in [0, 0.1) is 19.7 Å². The number of nitrogens with zero attached hydrogens (tertiary/aromatic N) is 3. The van der Waals surface area contributed by atoms with Crippen LogP contribution in [0.15, 0.2) is 48.5 Å². The fraction of sp³-hybridized carbons (Fsp3) is 0.333. The minimum absolute atomic E-state index is 0.166. The molecule has 1 saturated heterocycles. The van der Waals surface area contributed by atoms with Crippen LogP contribution in [0.25, 0.3) is 5.69 Å². The summed E-state index contributed by atoms with van der Waals surface area (Å²) in [6, 6.07) is 14.4. The summed E-state index contributed by atoms with van der Waals surface area (Å²) in [5, 5.41) is 7.47. The Kier molecular flexibility index (Phi) is 6.44. The summed E-state index contributed by atoms with van der Waals surface area (Å²) in [5.74, 6) is -0.472. The van der Waals surface area contributed by atoms with Gasteiger partial charge in [0.05, 0.1) is 35.9 Å². The predicted octanol–water partition coefficient (Wildman–Crippen LogP) is 3.39. The Labute approximate surface area is 181 Å². The van der Waals surface area contributed by atoms with E-state index >= 15 is 0 Å². The second-order valence-corrected chi connectivity index (χ2v) is 7.82. The molecule has 0 unspecified atom stereocenters. The fourth-order valence-corrected chi connectivity index (χ4v) is 3.86. The third kappa shape index (κ3) is 5.00. The van der Waals surface area contributed by atoms with Crippen molar-refractivity contribution in [2.75, 3.05) is 26.3 Å². The Morgan fingerprint density at radius 3 is 2.35 bits per heavy atom. The van der Waals surface area contributed by atoms with Crippen LogP contribution >= 0.6 is 0 Å². The molecule has 1 fully saturated rings. The molecule has 0 bridgehead atoms. The molecule has 31 heavy (non-hydrogen) atoms. The molecular weight excluding hydrogens is 395 g/mol. The van der Waals surface area contributed by atoms with E-state index in [1.54, 1.807) is 16.8 Å². The average Bonchev–Trinajstić information content (AvgIpc) is 3.08. The normalized spacial score (nSPS) is 14.5. The Hall–Kier alpha value is -3.03. The number of hydrogen-bond acceptors (Lipinski definition) is 4. The van der Waals surface area contributed by atoms with Gasteiger partial charge in [0.1, 0.15) is 5.82 Å². The van der Waals surface area contributed by atoms with Crippen LogP contribution in [0.5, 0.6) is 0 Å². The maximum Gasteiger partial charge on any atom is 0.255 e. The topological polar surface area (TPSA) is 59.4 Å². The highest BCUT2D eigenvalue weighted by molar-refractivity contribution is 5.96. The van der Waals surface area contributed by atoms with E-state index in [4.69, 9.17) is 4.74 Å². The molecule has 0 saturated carbocycles. The maximum absolute atomic E-state index is 13.2. The number of benzene rings is 2. The molecule has 1 amide bonds. The Bertz CT molecular complexity index is 1040. The van der Waals surface area contributed by atoms with Crippen molar-refractivity contribution < 1.29 is 13.9 Å². The Morgan fingerprint density at radius 2 is 1.68 bits per heavy atom. The molecule has 7 heteroatoms. The average molecular weight is 423 g/mol. The van der Waals surface area contributed by atoms with Crippen LogP contribution < -0.4 is 5.32 Å². The number of rotatable bonds is 6. The van der Waals surface area contributed by atoms with E-state index < -0.39 is 0 Å². The van der Waals surface area contributed by atoms with E-state index in [0.717, 1.165) is 49.8 Å². The molecule has 4 rings (SSSR count). The van der Waals surface area contributed by atoms with Crippen molar-refractivity contribution in [2.45, 2.75) is 26.9 Å². The van der Waals surface area contributed by atoms with Gasteiger partial charge in [0, 0.05) is 26.2 Å². The zero-order valence-electron chi connectivity index (χ0n) is 17.9. The van der Waals surface area contributed by atoms with Crippen LogP contribution in [0.2, 0.25) is 0 Å². The fourth-order valence-electron chi connectivity index (χ4n) is 3.86. The molecule has 2 aromatic carbocycles. The van der Waals surface area contributed by atoms with Gasteiger partial charge in [0.2, 0.25) is 0 Å². The molecule has 1 N–H and O–H groups in total. The third-order valence-electron chi connectivity index (χ3n) is 5.58. The highest BCUT2D eigenvalue weighted by Crippen LogP contribution is 2.18. The van der Waals surface area contributed by atoms with E-state index in [1.807, 2.05) is 13.8 Å². The number of amides is 1. The number of aryl methyl sites for hydroxylation is 1. The molecule has 0 atom stereocenters. The van der Waals surface area contributed by atoms with Crippen molar-refractivity contribution >= 4 is 5.91 Å². The largest absolute Gasteiger partial charge is 0.379 e. The number of hydrogen-bond donors (Lipinski definition) is 1. The first-order valence-corrected chi connectivity index (χ1v) is 10.5. The summed E-state index contributed by atoms with van der Waals surface area (Å²) >= 11 is 0. The van der Waals surface area contributed by atoms with Gasteiger partial charge in [0.25, 0.3) is 5.91 Å². The van der Waals surface area contributed by atoms with Gasteiger partial charge in [-0.15, -0.1) is 0 Å². The molecule has 1 aliphatic heterocycles. The van der Waals surface area contributed by atoms with Crippen molar-refractivity contribution in [2.24, 2.45) is 0 Å². The smallest absolute Gasteiger partial charge is 0.255 e. The molecule has 0 spiro atoms. The minimum atomic E-state index is -0.306. The number of morpholine rings is 1. The van der Waals surface area contributed by atoms with Crippen molar-refractivity contribution in [3.8, 4) is 5.69 Å². The SMILES string of the molecule is Cc1nn(-c2ccc(F)cc2)c(C)c1C(=O)NCc1ccc(CN2CCOCC2)cc1. The van der Waals surface area contributed by atoms with Gasteiger partial charge in [-0.05, 0) is 49.2 Å². The summed E-state index contributed by atoms with van der Waals surface area (Å²) in [5.41, 5.74) is 4.93. The zero-order chi connectivity index (χ0) is 21.8. The van der Waals surface area contributed by atoms with Crippen LogP contribution in [0.1, 0.15) is 32.9 Å². The number of carbonyl (C=O) groups excluding carboxylic acids is 1. The molecule has 2 heterocycles. The summed E-state index contributed by atoms with van der Waals surface area (Å²) in [6.45, 7) is 8.51. The maximum atomic E-state index is 13.2. The lowest BCUT2D eigenvalue weighted by Gasteiger charge is -2.26. The van der Waals surface area contributed by atoms with Gasteiger partial charge in [-0.1, -0.05) is 24.3 Å².